The molecule has 130 valence electrons. The highest BCUT2D eigenvalue weighted by atomic mass is 35.5. The molecule has 0 radical (unpaired) electrons. The maximum atomic E-state index is 5.88. The van der Waals surface area contributed by atoms with Crippen LogP contribution in [0.2, 0.25) is 5.02 Å². The molecule has 0 unspecified atom stereocenters. The van der Waals surface area contributed by atoms with Crippen LogP contribution in [0.3, 0.4) is 0 Å². The Bertz CT molecular complexity index is 642. The first-order valence-corrected chi connectivity index (χ1v) is 8.20. The largest absolute Gasteiger partial charge is 0.383 e. The highest BCUT2D eigenvalue weighted by molar-refractivity contribution is 6.30. The van der Waals surface area contributed by atoms with Crippen LogP contribution < -0.4 is 10.6 Å². The summed E-state index contributed by atoms with van der Waals surface area (Å²) in [7, 11) is 1.66. The summed E-state index contributed by atoms with van der Waals surface area (Å²) in [6.07, 6.45) is 0.606. The van der Waals surface area contributed by atoms with Crippen molar-refractivity contribution in [1.29, 1.82) is 0 Å². The number of benzene rings is 1. The van der Waals surface area contributed by atoms with E-state index in [2.05, 4.69) is 25.8 Å². The normalized spacial score (nSPS) is 11.5. The molecule has 0 aliphatic carbocycles. The zero-order valence-corrected chi connectivity index (χ0v) is 14.6. The lowest BCUT2D eigenvalue weighted by Gasteiger charge is -2.09. The molecule has 1 aromatic carbocycles. The smallest absolute Gasteiger partial charge is 0.228 e. The van der Waals surface area contributed by atoms with E-state index in [1.54, 1.807) is 19.2 Å². The van der Waals surface area contributed by atoms with Crippen molar-refractivity contribution < 1.29 is 9.26 Å². The van der Waals surface area contributed by atoms with Crippen molar-refractivity contribution in [3.8, 4) is 11.4 Å². The fraction of sp³-hybridized carbons (Fsp3) is 0.438. The first kappa shape index (κ1) is 18.2. The molecule has 0 spiro atoms. The highest BCUT2D eigenvalue weighted by Crippen LogP contribution is 2.18. The lowest BCUT2D eigenvalue weighted by atomic mass is 10.2. The Morgan fingerprint density at radius 3 is 2.79 bits per heavy atom. The van der Waals surface area contributed by atoms with Crippen molar-refractivity contribution in [2.45, 2.75) is 13.3 Å². The van der Waals surface area contributed by atoms with Gasteiger partial charge in [-0.25, -0.2) is 0 Å². The van der Waals surface area contributed by atoms with E-state index < -0.39 is 0 Å². The maximum absolute atomic E-state index is 5.88. The van der Waals surface area contributed by atoms with Gasteiger partial charge in [0.25, 0.3) is 0 Å². The van der Waals surface area contributed by atoms with Gasteiger partial charge >= 0.3 is 0 Å². The number of hydrogen-bond acceptors (Lipinski definition) is 5. The molecule has 1 heterocycles. The number of aliphatic imine (C=N–C) groups is 1. The zero-order valence-electron chi connectivity index (χ0n) is 13.9. The van der Waals surface area contributed by atoms with Crippen LogP contribution in [-0.4, -0.2) is 49.5 Å². The quantitative estimate of drug-likeness (QED) is 0.430. The average Bonchev–Trinajstić information content (AvgIpc) is 3.04. The number of guanidine groups is 1. The summed E-state index contributed by atoms with van der Waals surface area (Å²) in [5, 5.41) is 11.1. The SMILES string of the molecule is CCNC(=NCCOC)NCCc1nc(-c2ccc(Cl)cc2)no1. The van der Waals surface area contributed by atoms with Gasteiger partial charge in [0.1, 0.15) is 0 Å². The summed E-state index contributed by atoms with van der Waals surface area (Å²) in [5.41, 5.74) is 0.872. The first-order chi connectivity index (χ1) is 11.7. The van der Waals surface area contributed by atoms with Gasteiger partial charge < -0.3 is 19.9 Å². The minimum Gasteiger partial charge on any atom is -0.383 e. The van der Waals surface area contributed by atoms with E-state index in [0.29, 0.717) is 42.9 Å². The minimum atomic E-state index is 0.558. The second-order valence-electron chi connectivity index (χ2n) is 4.95. The van der Waals surface area contributed by atoms with E-state index in [1.807, 2.05) is 19.1 Å². The van der Waals surface area contributed by atoms with Crippen LogP contribution in [0.4, 0.5) is 0 Å². The van der Waals surface area contributed by atoms with Gasteiger partial charge in [0.05, 0.1) is 13.2 Å². The molecule has 2 rings (SSSR count). The van der Waals surface area contributed by atoms with E-state index in [0.717, 1.165) is 18.1 Å². The third kappa shape index (κ3) is 5.82. The predicted molar refractivity (Wildman–Crippen MR) is 94.3 cm³/mol. The standard InChI is InChI=1S/C16H22ClN5O2/c1-3-18-16(20-10-11-23-2)19-9-8-14-21-15(22-24-14)12-4-6-13(17)7-5-12/h4-7H,3,8-11H2,1-2H3,(H2,18,19,20). The molecule has 2 aromatic rings. The van der Waals surface area contributed by atoms with E-state index >= 15 is 0 Å². The molecular weight excluding hydrogens is 330 g/mol. The van der Waals surface area contributed by atoms with E-state index in [4.69, 9.17) is 20.9 Å². The van der Waals surface area contributed by atoms with Gasteiger partial charge in [0.15, 0.2) is 5.96 Å². The number of halogens is 1. The number of hydrogen-bond donors (Lipinski definition) is 2. The van der Waals surface area contributed by atoms with E-state index in [9.17, 15) is 0 Å². The molecule has 0 saturated heterocycles. The Balaban J connectivity index is 1.85. The van der Waals surface area contributed by atoms with Gasteiger partial charge in [-0.1, -0.05) is 16.8 Å². The topological polar surface area (TPSA) is 84.6 Å². The molecule has 0 aliphatic rings. The molecule has 0 saturated carbocycles. The maximum Gasteiger partial charge on any atom is 0.228 e. The molecule has 0 amide bonds. The Morgan fingerprint density at radius 1 is 1.29 bits per heavy atom. The summed E-state index contributed by atoms with van der Waals surface area (Å²) < 4.78 is 10.3. The van der Waals surface area contributed by atoms with Crippen molar-refractivity contribution in [2.24, 2.45) is 4.99 Å². The van der Waals surface area contributed by atoms with Gasteiger partial charge in [0, 0.05) is 37.2 Å². The Morgan fingerprint density at radius 2 is 2.08 bits per heavy atom. The monoisotopic (exact) mass is 351 g/mol. The minimum absolute atomic E-state index is 0.558. The van der Waals surface area contributed by atoms with Crippen molar-refractivity contribution in [1.82, 2.24) is 20.8 Å². The molecule has 0 bridgehead atoms. The van der Waals surface area contributed by atoms with Crippen molar-refractivity contribution >= 4 is 17.6 Å². The second kappa shape index (κ2) is 9.89. The Labute approximate surface area is 146 Å². The fourth-order valence-electron chi connectivity index (χ4n) is 1.95. The van der Waals surface area contributed by atoms with Crippen LogP contribution in [0.5, 0.6) is 0 Å². The second-order valence-corrected chi connectivity index (χ2v) is 5.39. The summed E-state index contributed by atoms with van der Waals surface area (Å²) in [6.45, 7) is 4.64. The van der Waals surface area contributed by atoms with Crippen LogP contribution in [0.1, 0.15) is 12.8 Å². The van der Waals surface area contributed by atoms with Gasteiger partial charge in [-0.2, -0.15) is 4.98 Å². The molecule has 1 aromatic heterocycles. The number of aromatic nitrogens is 2. The summed E-state index contributed by atoms with van der Waals surface area (Å²) in [4.78, 5) is 8.77. The Kier molecular flexibility index (Phi) is 7.51. The number of rotatable bonds is 8. The van der Waals surface area contributed by atoms with Crippen molar-refractivity contribution in [3.63, 3.8) is 0 Å². The van der Waals surface area contributed by atoms with Crippen LogP contribution >= 0.6 is 11.6 Å². The average molecular weight is 352 g/mol. The van der Waals surface area contributed by atoms with E-state index in [1.165, 1.54) is 0 Å². The number of nitrogens with one attached hydrogen (secondary N) is 2. The van der Waals surface area contributed by atoms with Crippen molar-refractivity contribution in [3.05, 3.63) is 35.2 Å². The van der Waals surface area contributed by atoms with Crippen LogP contribution in [-0.2, 0) is 11.2 Å². The van der Waals surface area contributed by atoms with Crippen LogP contribution in [0, 0.1) is 0 Å². The van der Waals surface area contributed by atoms with Gasteiger partial charge in [-0.3, -0.25) is 4.99 Å². The molecule has 0 fully saturated rings. The zero-order chi connectivity index (χ0) is 17.2. The molecule has 0 aliphatic heterocycles. The van der Waals surface area contributed by atoms with Gasteiger partial charge in [-0.05, 0) is 31.2 Å². The lowest BCUT2D eigenvalue weighted by Crippen LogP contribution is -2.38. The van der Waals surface area contributed by atoms with Crippen molar-refractivity contribution in [2.75, 3.05) is 33.4 Å². The summed E-state index contributed by atoms with van der Waals surface area (Å²) in [6, 6.07) is 7.32. The van der Waals surface area contributed by atoms with Gasteiger partial charge in [0.2, 0.25) is 11.7 Å². The molecule has 7 nitrogen and oxygen atoms in total. The number of methoxy groups -OCH3 is 1. The first-order valence-electron chi connectivity index (χ1n) is 7.82. The fourth-order valence-corrected chi connectivity index (χ4v) is 2.08. The Hall–Kier alpha value is -2.12. The highest BCUT2D eigenvalue weighted by Gasteiger charge is 2.08. The van der Waals surface area contributed by atoms with Gasteiger partial charge in [-0.15, -0.1) is 0 Å². The van der Waals surface area contributed by atoms with Crippen LogP contribution in [0.25, 0.3) is 11.4 Å². The third-order valence-corrected chi connectivity index (χ3v) is 3.36. The number of ether oxygens (including phenoxy) is 1. The summed E-state index contributed by atoms with van der Waals surface area (Å²) >= 11 is 5.88. The molecule has 8 heteroatoms. The number of nitrogens with zero attached hydrogens (tertiary/aromatic N) is 3. The molecule has 24 heavy (non-hydrogen) atoms. The summed E-state index contributed by atoms with van der Waals surface area (Å²) in [5.74, 6) is 1.87. The molecule has 0 atom stereocenters. The third-order valence-electron chi connectivity index (χ3n) is 3.11. The predicted octanol–water partition coefficient (Wildman–Crippen LogP) is 2.13. The van der Waals surface area contributed by atoms with Crippen LogP contribution in [0.15, 0.2) is 33.8 Å². The molecule has 2 N–H and O–H groups in total. The lowest BCUT2D eigenvalue weighted by molar-refractivity contribution is 0.208. The molecular formula is C16H22ClN5O2. The van der Waals surface area contributed by atoms with E-state index in [-0.39, 0.29) is 0 Å².